The van der Waals surface area contributed by atoms with Crippen molar-refractivity contribution in [2.75, 3.05) is 44.4 Å². The molecule has 4 heteroatoms. The summed E-state index contributed by atoms with van der Waals surface area (Å²) >= 11 is 0. The molecule has 0 atom stereocenters. The van der Waals surface area contributed by atoms with Gasteiger partial charge < -0.3 is 15.5 Å². The second-order valence-electron chi connectivity index (χ2n) is 5.33. The number of hydrogen-bond donors (Lipinski definition) is 1. The molecule has 0 unspecified atom stereocenters. The van der Waals surface area contributed by atoms with Gasteiger partial charge in [-0.05, 0) is 52.2 Å². The number of benzene rings is 1. The molecule has 1 aromatic heterocycles. The monoisotopic (exact) mass is 272 g/mol. The van der Waals surface area contributed by atoms with Crippen LogP contribution >= 0.6 is 0 Å². The third kappa shape index (κ3) is 3.20. The Kier molecular flexibility index (Phi) is 4.79. The van der Waals surface area contributed by atoms with Gasteiger partial charge in [-0.15, -0.1) is 0 Å². The van der Waals surface area contributed by atoms with E-state index in [2.05, 4.69) is 41.9 Å². The highest BCUT2D eigenvalue weighted by Gasteiger charge is 2.10. The molecule has 0 saturated carbocycles. The molecule has 0 amide bonds. The van der Waals surface area contributed by atoms with Crippen molar-refractivity contribution in [1.82, 2.24) is 9.88 Å². The highest BCUT2D eigenvalue weighted by Crippen LogP contribution is 2.30. The van der Waals surface area contributed by atoms with E-state index < -0.39 is 0 Å². The van der Waals surface area contributed by atoms with Crippen LogP contribution in [0.5, 0.6) is 0 Å². The molecule has 2 rings (SSSR count). The second kappa shape index (κ2) is 6.57. The van der Waals surface area contributed by atoms with E-state index in [0.717, 1.165) is 42.5 Å². The van der Waals surface area contributed by atoms with Gasteiger partial charge >= 0.3 is 0 Å². The maximum absolute atomic E-state index is 6.05. The van der Waals surface area contributed by atoms with Crippen LogP contribution in [0.4, 0.5) is 11.4 Å². The van der Waals surface area contributed by atoms with Crippen LogP contribution in [0.3, 0.4) is 0 Å². The fraction of sp³-hybridized carbons (Fsp3) is 0.438. The largest absolute Gasteiger partial charge is 0.398 e. The minimum Gasteiger partial charge on any atom is -0.398 e. The maximum Gasteiger partial charge on any atom is 0.0462 e. The Morgan fingerprint density at radius 3 is 2.60 bits per heavy atom. The first-order valence-corrected chi connectivity index (χ1v) is 7.15. The first-order valence-electron chi connectivity index (χ1n) is 7.15. The van der Waals surface area contributed by atoms with Gasteiger partial charge in [0.05, 0.1) is 0 Å². The molecule has 1 aromatic carbocycles. The summed E-state index contributed by atoms with van der Waals surface area (Å²) in [5.41, 5.74) is 8.09. The molecule has 0 aliphatic carbocycles. The van der Waals surface area contributed by atoms with Crippen molar-refractivity contribution >= 4 is 22.1 Å². The van der Waals surface area contributed by atoms with Gasteiger partial charge in [0.25, 0.3) is 0 Å². The van der Waals surface area contributed by atoms with Crippen molar-refractivity contribution in [3.63, 3.8) is 0 Å². The predicted octanol–water partition coefficient (Wildman–Crippen LogP) is 2.60. The molecule has 2 N–H and O–H groups in total. The summed E-state index contributed by atoms with van der Waals surface area (Å²) in [4.78, 5) is 8.86. The van der Waals surface area contributed by atoms with E-state index in [1.54, 1.807) is 6.20 Å². The summed E-state index contributed by atoms with van der Waals surface area (Å²) < 4.78 is 0. The minimum absolute atomic E-state index is 0.815. The van der Waals surface area contributed by atoms with E-state index in [4.69, 9.17) is 5.73 Å². The SMILES string of the molecule is CCN(CCCN(C)C)c1ccc(N)c2ccncc12. The van der Waals surface area contributed by atoms with E-state index in [1.807, 2.05) is 18.3 Å². The Labute approximate surface area is 121 Å². The molecule has 1 heterocycles. The zero-order chi connectivity index (χ0) is 14.5. The average molecular weight is 272 g/mol. The number of aromatic nitrogens is 1. The van der Waals surface area contributed by atoms with E-state index >= 15 is 0 Å². The van der Waals surface area contributed by atoms with E-state index in [9.17, 15) is 0 Å². The third-order valence-corrected chi connectivity index (χ3v) is 3.58. The summed E-state index contributed by atoms with van der Waals surface area (Å²) in [5, 5.41) is 2.22. The third-order valence-electron chi connectivity index (χ3n) is 3.58. The van der Waals surface area contributed by atoms with Crippen LogP contribution in [-0.2, 0) is 0 Å². The molecule has 0 spiro atoms. The van der Waals surface area contributed by atoms with Gasteiger partial charge in [-0.1, -0.05) is 0 Å². The minimum atomic E-state index is 0.815. The maximum atomic E-state index is 6.05. The first kappa shape index (κ1) is 14.6. The molecule has 4 nitrogen and oxygen atoms in total. The molecule has 2 aromatic rings. The topological polar surface area (TPSA) is 45.4 Å². The normalized spacial score (nSPS) is 11.2. The smallest absolute Gasteiger partial charge is 0.0462 e. The fourth-order valence-electron chi connectivity index (χ4n) is 2.50. The Hall–Kier alpha value is -1.81. The van der Waals surface area contributed by atoms with E-state index in [-0.39, 0.29) is 0 Å². The number of anilines is 2. The summed E-state index contributed by atoms with van der Waals surface area (Å²) in [6, 6.07) is 6.09. The lowest BCUT2D eigenvalue weighted by Gasteiger charge is -2.25. The molecule has 0 aliphatic rings. The highest BCUT2D eigenvalue weighted by atomic mass is 15.1. The van der Waals surface area contributed by atoms with Crippen molar-refractivity contribution in [3.8, 4) is 0 Å². The van der Waals surface area contributed by atoms with Gasteiger partial charge in [-0.3, -0.25) is 4.98 Å². The number of nitrogen functional groups attached to an aromatic ring is 1. The van der Waals surface area contributed by atoms with Gasteiger partial charge in [0.1, 0.15) is 0 Å². The van der Waals surface area contributed by atoms with Crippen LogP contribution in [0.2, 0.25) is 0 Å². The van der Waals surface area contributed by atoms with Gasteiger partial charge in [0.2, 0.25) is 0 Å². The molecular formula is C16H24N4. The number of nitrogens with zero attached hydrogens (tertiary/aromatic N) is 3. The summed E-state index contributed by atoms with van der Waals surface area (Å²) in [6.07, 6.45) is 4.85. The molecule has 0 bridgehead atoms. The lowest BCUT2D eigenvalue weighted by molar-refractivity contribution is 0.401. The van der Waals surface area contributed by atoms with Crippen molar-refractivity contribution in [1.29, 1.82) is 0 Å². The number of rotatable bonds is 6. The molecule has 0 saturated heterocycles. The van der Waals surface area contributed by atoms with Crippen LogP contribution in [0.25, 0.3) is 10.8 Å². The molecule has 108 valence electrons. The fourth-order valence-corrected chi connectivity index (χ4v) is 2.50. The number of nitrogens with two attached hydrogens (primary N) is 1. The predicted molar refractivity (Wildman–Crippen MR) is 87.2 cm³/mol. The second-order valence-corrected chi connectivity index (χ2v) is 5.33. The highest BCUT2D eigenvalue weighted by molar-refractivity contribution is 6.00. The van der Waals surface area contributed by atoms with E-state index in [1.165, 1.54) is 5.69 Å². The lowest BCUT2D eigenvalue weighted by atomic mass is 10.1. The number of hydrogen-bond acceptors (Lipinski definition) is 4. The summed E-state index contributed by atoms with van der Waals surface area (Å²) in [7, 11) is 4.22. The van der Waals surface area contributed by atoms with Crippen LogP contribution < -0.4 is 10.6 Å². The van der Waals surface area contributed by atoms with E-state index in [0.29, 0.717) is 0 Å². The van der Waals surface area contributed by atoms with Gasteiger partial charge in [0, 0.05) is 47.6 Å². The number of pyridine rings is 1. The lowest BCUT2D eigenvalue weighted by Crippen LogP contribution is -2.27. The molecule has 0 fully saturated rings. The Morgan fingerprint density at radius 2 is 1.90 bits per heavy atom. The number of fused-ring (bicyclic) bond motifs is 1. The van der Waals surface area contributed by atoms with Crippen LogP contribution in [-0.4, -0.2) is 43.6 Å². The van der Waals surface area contributed by atoms with Crippen molar-refractivity contribution < 1.29 is 0 Å². The summed E-state index contributed by atoms with van der Waals surface area (Å²) in [5.74, 6) is 0. The Bertz CT molecular complexity index is 565. The standard InChI is InChI=1S/C16H24N4/c1-4-20(11-5-10-19(2)3)16-7-6-15(17)13-8-9-18-12-14(13)16/h6-9,12H,4-5,10-11,17H2,1-3H3. The van der Waals surface area contributed by atoms with Crippen molar-refractivity contribution in [2.45, 2.75) is 13.3 Å². The average Bonchev–Trinajstić information content (AvgIpc) is 2.45. The van der Waals surface area contributed by atoms with Crippen LogP contribution in [0.15, 0.2) is 30.6 Å². The Balaban J connectivity index is 2.28. The molecule has 0 radical (unpaired) electrons. The van der Waals surface area contributed by atoms with Crippen molar-refractivity contribution in [3.05, 3.63) is 30.6 Å². The molecule has 20 heavy (non-hydrogen) atoms. The first-order chi connectivity index (χ1) is 9.63. The Morgan fingerprint density at radius 1 is 1.10 bits per heavy atom. The van der Waals surface area contributed by atoms with Gasteiger partial charge in [0.15, 0.2) is 0 Å². The van der Waals surface area contributed by atoms with Gasteiger partial charge in [-0.25, -0.2) is 0 Å². The quantitative estimate of drug-likeness (QED) is 0.821. The molecular weight excluding hydrogens is 248 g/mol. The van der Waals surface area contributed by atoms with Crippen LogP contribution in [0.1, 0.15) is 13.3 Å². The summed E-state index contributed by atoms with van der Waals surface area (Å²) in [6.45, 7) is 5.32. The zero-order valence-electron chi connectivity index (χ0n) is 12.6. The van der Waals surface area contributed by atoms with Gasteiger partial charge in [-0.2, -0.15) is 0 Å². The van der Waals surface area contributed by atoms with Crippen LogP contribution in [0, 0.1) is 0 Å². The van der Waals surface area contributed by atoms with Crippen molar-refractivity contribution in [2.24, 2.45) is 0 Å². The molecule has 0 aliphatic heterocycles. The zero-order valence-corrected chi connectivity index (χ0v) is 12.6.